The molecule has 21 heavy (non-hydrogen) atoms. The molecule has 1 rings (SSSR count). The Morgan fingerprint density at radius 3 is 2.57 bits per heavy atom. The Bertz CT molecular complexity index is 420. The molecule has 2 atom stereocenters. The molecule has 5 heteroatoms. The minimum atomic E-state index is -0.227. The molecule has 3 N–H and O–H groups in total. The quantitative estimate of drug-likeness (QED) is 0.688. The molecule has 0 spiro atoms. The van der Waals surface area contributed by atoms with Crippen LogP contribution < -0.4 is 15.4 Å². The maximum Gasteiger partial charge on any atom is 0.315 e. The van der Waals surface area contributed by atoms with Gasteiger partial charge in [-0.15, -0.1) is 0 Å². The number of ether oxygens (including phenoxy) is 1. The molecule has 0 aliphatic carbocycles. The number of urea groups is 1. The van der Waals surface area contributed by atoms with Gasteiger partial charge in [0.1, 0.15) is 11.9 Å². The van der Waals surface area contributed by atoms with E-state index in [1.54, 1.807) is 0 Å². The first-order valence-electron chi connectivity index (χ1n) is 7.43. The predicted octanol–water partition coefficient (Wildman–Crippen LogP) is 2.22. The van der Waals surface area contributed by atoms with Gasteiger partial charge < -0.3 is 20.5 Å². The van der Waals surface area contributed by atoms with Crippen LogP contribution in [0.1, 0.15) is 32.3 Å². The van der Waals surface area contributed by atoms with Gasteiger partial charge in [0.25, 0.3) is 0 Å². The summed E-state index contributed by atoms with van der Waals surface area (Å²) < 4.78 is 5.72. The number of benzene rings is 1. The number of nitrogens with one attached hydrogen (secondary N) is 2. The van der Waals surface area contributed by atoms with Crippen LogP contribution >= 0.6 is 0 Å². The lowest BCUT2D eigenvalue weighted by atomic mass is 10.2. The highest BCUT2D eigenvalue weighted by molar-refractivity contribution is 5.74. The van der Waals surface area contributed by atoms with Crippen LogP contribution in [-0.2, 0) is 0 Å². The Morgan fingerprint density at radius 2 is 2.00 bits per heavy atom. The number of carbonyl (C=O) groups is 1. The summed E-state index contributed by atoms with van der Waals surface area (Å²) in [6, 6.07) is 7.59. The number of carbonyl (C=O) groups excluding carboxylic acids is 1. The normalized spacial score (nSPS) is 13.3. The van der Waals surface area contributed by atoms with Crippen molar-refractivity contribution in [2.75, 3.05) is 13.2 Å². The molecule has 2 amide bonds. The van der Waals surface area contributed by atoms with Gasteiger partial charge in [-0.2, -0.15) is 0 Å². The van der Waals surface area contributed by atoms with Gasteiger partial charge in [-0.1, -0.05) is 24.6 Å². The van der Waals surface area contributed by atoms with Crippen molar-refractivity contribution in [3.63, 3.8) is 0 Å². The van der Waals surface area contributed by atoms with E-state index in [2.05, 4.69) is 10.6 Å². The molecule has 0 fully saturated rings. The maximum absolute atomic E-state index is 11.7. The number of amides is 2. The second-order valence-corrected chi connectivity index (χ2v) is 5.21. The predicted molar refractivity (Wildman–Crippen MR) is 83.6 cm³/mol. The van der Waals surface area contributed by atoms with E-state index in [1.807, 2.05) is 45.0 Å². The Kier molecular flexibility index (Phi) is 7.61. The summed E-state index contributed by atoms with van der Waals surface area (Å²) in [4.78, 5) is 11.7. The lowest BCUT2D eigenvalue weighted by molar-refractivity contribution is 0.203. The van der Waals surface area contributed by atoms with Crippen LogP contribution in [-0.4, -0.2) is 36.4 Å². The maximum atomic E-state index is 11.7. The highest BCUT2D eigenvalue weighted by Crippen LogP contribution is 2.12. The molecular weight excluding hydrogens is 268 g/mol. The number of hydrogen-bond donors (Lipinski definition) is 3. The van der Waals surface area contributed by atoms with Gasteiger partial charge in [0.15, 0.2) is 0 Å². The number of aryl methyl sites for hydroxylation is 1. The molecule has 0 aliphatic rings. The first-order chi connectivity index (χ1) is 10.0. The number of hydrogen-bond acceptors (Lipinski definition) is 3. The van der Waals surface area contributed by atoms with Crippen molar-refractivity contribution in [1.29, 1.82) is 0 Å². The highest BCUT2D eigenvalue weighted by Gasteiger charge is 2.11. The second kappa shape index (κ2) is 9.23. The van der Waals surface area contributed by atoms with Crippen LogP contribution in [0, 0.1) is 6.92 Å². The molecule has 0 bridgehead atoms. The third-order valence-corrected chi connectivity index (χ3v) is 3.21. The van der Waals surface area contributed by atoms with E-state index in [4.69, 9.17) is 9.84 Å². The first kappa shape index (κ1) is 17.3. The van der Waals surface area contributed by atoms with Gasteiger partial charge in [-0.3, -0.25) is 0 Å². The third kappa shape index (κ3) is 6.99. The molecule has 5 nitrogen and oxygen atoms in total. The molecule has 0 aliphatic heterocycles. The van der Waals surface area contributed by atoms with Crippen molar-refractivity contribution < 1.29 is 14.6 Å². The van der Waals surface area contributed by atoms with Gasteiger partial charge in [0, 0.05) is 12.6 Å². The zero-order valence-corrected chi connectivity index (χ0v) is 13.1. The van der Waals surface area contributed by atoms with Crippen molar-refractivity contribution in [2.45, 2.75) is 45.8 Å². The first-order valence-corrected chi connectivity index (χ1v) is 7.43. The van der Waals surface area contributed by atoms with Crippen molar-refractivity contribution in [3.8, 4) is 5.75 Å². The fourth-order valence-corrected chi connectivity index (χ4v) is 1.90. The smallest absolute Gasteiger partial charge is 0.315 e. The summed E-state index contributed by atoms with van der Waals surface area (Å²) >= 11 is 0. The van der Waals surface area contributed by atoms with Crippen LogP contribution in [0.3, 0.4) is 0 Å². The summed E-state index contributed by atoms with van der Waals surface area (Å²) in [5, 5.41) is 14.5. The Labute approximate surface area is 126 Å². The molecule has 1 aromatic carbocycles. The average Bonchev–Trinajstić information content (AvgIpc) is 2.47. The van der Waals surface area contributed by atoms with Crippen LogP contribution in [0.4, 0.5) is 4.79 Å². The number of rotatable bonds is 8. The van der Waals surface area contributed by atoms with Crippen LogP contribution in [0.25, 0.3) is 0 Å². The fraction of sp³-hybridized carbons (Fsp3) is 0.562. The van der Waals surface area contributed by atoms with E-state index in [0.29, 0.717) is 13.0 Å². The van der Waals surface area contributed by atoms with E-state index in [9.17, 15) is 4.79 Å². The number of aliphatic hydroxyl groups excluding tert-OH is 1. The Balaban J connectivity index is 2.30. The van der Waals surface area contributed by atoms with Crippen LogP contribution in [0.5, 0.6) is 5.75 Å². The van der Waals surface area contributed by atoms with E-state index in [0.717, 1.165) is 12.2 Å². The molecule has 1 aromatic rings. The molecule has 0 aromatic heterocycles. The second-order valence-electron chi connectivity index (χ2n) is 5.21. The lowest BCUT2D eigenvalue weighted by Gasteiger charge is -2.19. The van der Waals surface area contributed by atoms with E-state index in [1.165, 1.54) is 5.56 Å². The number of aliphatic hydroxyl groups is 1. The highest BCUT2D eigenvalue weighted by atomic mass is 16.5. The standard InChI is InChI=1S/C16H26N2O3/c1-4-14(9-10-19)18-16(20)17-11-13(3)21-15-7-5-12(2)6-8-15/h5-8,13-14,19H,4,9-11H2,1-3H3,(H2,17,18,20). The van der Waals surface area contributed by atoms with E-state index in [-0.39, 0.29) is 24.8 Å². The Morgan fingerprint density at radius 1 is 1.33 bits per heavy atom. The van der Waals surface area contributed by atoms with Gasteiger partial charge in [0.2, 0.25) is 0 Å². The third-order valence-electron chi connectivity index (χ3n) is 3.21. The van der Waals surface area contributed by atoms with Gasteiger partial charge >= 0.3 is 6.03 Å². The monoisotopic (exact) mass is 294 g/mol. The van der Waals surface area contributed by atoms with E-state index < -0.39 is 0 Å². The minimum Gasteiger partial charge on any atom is -0.489 e. The van der Waals surface area contributed by atoms with Crippen molar-refractivity contribution in [2.24, 2.45) is 0 Å². The van der Waals surface area contributed by atoms with Gasteiger partial charge in [-0.05, 0) is 38.8 Å². The Hall–Kier alpha value is -1.75. The summed E-state index contributed by atoms with van der Waals surface area (Å²) in [6.45, 7) is 6.41. The van der Waals surface area contributed by atoms with Crippen LogP contribution in [0.2, 0.25) is 0 Å². The molecule has 2 unspecified atom stereocenters. The fourth-order valence-electron chi connectivity index (χ4n) is 1.90. The largest absolute Gasteiger partial charge is 0.489 e. The molecule has 0 saturated carbocycles. The molecular formula is C16H26N2O3. The minimum absolute atomic E-state index is 0.00308. The van der Waals surface area contributed by atoms with Crippen LogP contribution in [0.15, 0.2) is 24.3 Å². The molecule has 0 heterocycles. The van der Waals surface area contributed by atoms with Crippen molar-refractivity contribution >= 4 is 6.03 Å². The molecule has 0 saturated heterocycles. The summed E-state index contributed by atoms with van der Waals surface area (Å²) in [5.41, 5.74) is 1.18. The summed E-state index contributed by atoms with van der Waals surface area (Å²) in [5.74, 6) is 0.794. The van der Waals surface area contributed by atoms with Gasteiger partial charge in [-0.25, -0.2) is 4.79 Å². The zero-order valence-electron chi connectivity index (χ0n) is 13.1. The molecule has 118 valence electrons. The van der Waals surface area contributed by atoms with Gasteiger partial charge in [0.05, 0.1) is 6.54 Å². The SMILES string of the molecule is CCC(CCO)NC(=O)NCC(C)Oc1ccc(C)cc1. The lowest BCUT2D eigenvalue weighted by Crippen LogP contribution is -2.45. The zero-order chi connectivity index (χ0) is 15.7. The summed E-state index contributed by atoms with van der Waals surface area (Å²) in [6.07, 6.45) is 1.25. The van der Waals surface area contributed by atoms with E-state index >= 15 is 0 Å². The average molecular weight is 294 g/mol. The van der Waals surface area contributed by atoms with Crippen molar-refractivity contribution in [1.82, 2.24) is 10.6 Å². The molecule has 0 radical (unpaired) electrons. The van der Waals surface area contributed by atoms with Crippen molar-refractivity contribution in [3.05, 3.63) is 29.8 Å². The summed E-state index contributed by atoms with van der Waals surface area (Å²) in [7, 11) is 0. The topological polar surface area (TPSA) is 70.6 Å².